The minimum Gasteiger partial charge on any atom is -0.478 e. The molecule has 0 radical (unpaired) electrons. The Morgan fingerprint density at radius 1 is 1.17 bits per heavy atom. The van der Waals surface area contributed by atoms with Crippen LogP contribution in [0.1, 0.15) is 40.7 Å². The first-order valence-electron chi connectivity index (χ1n) is 8.46. The molecule has 6 heteroatoms. The van der Waals surface area contributed by atoms with Gasteiger partial charge in [-0.1, -0.05) is 6.07 Å². The Labute approximate surface area is 140 Å². The molecule has 2 aliphatic heterocycles. The van der Waals surface area contributed by atoms with E-state index in [1.54, 1.807) is 18.2 Å². The second-order valence-electron chi connectivity index (χ2n) is 6.98. The van der Waals surface area contributed by atoms with Gasteiger partial charge in [-0.05, 0) is 42.5 Å². The fraction of sp³-hybridized carbons (Fsp3) is 0.500. The Morgan fingerprint density at radius 3 is 2.67 bits per heavy atom. The van der Waals surface area contributed by atoms with Crippen molar-refractivity contribution in [2.24, 2.45) is 5.92 Å². The number of carboxylic acids is 1. The zero-order valence-electron chi connectivity index (χ0n) is 13.4. The Hall–Kier alpha value is -2.37. The maximum atomic E-state index is 12.8. The molecule has 1 saturated heterocycles. The number of aromatic carboxylic acids is 1. The fourth-order valence-corrected chi connectivity index (χ4v) is 3.77. The highest BCUT2D eigenvalue weighted by Gasteiger charge is 2.43. The first-order chi connectivity index (χ1) is 11.5. The van der Waals surface area contributed by atoms with Gasteiger partial charge in [0.25, 0.3) is 0 Å². The summed E-state index contributed by atoms with van der Waals surface area (Å²) in [4.78, 5) is 39.6. The second kappa shape index (κ2) is 5.61. The molecule has 0 bridgehead atoms. The molecule has 6 nitrogen and oxygen atoms in total. The van der Waals surface area contributed by atoms with E-state index in [1.165, 1.54) is 0 Å². The van der Waals surface area contributed by atoms with Gasteiger partial charge in [-0.3, -0.25) is 9.59 Å². The summed E-state index contributed by atoms with van der Waals surface area (Å²) in [6.07, 6.45) is 3.12. The summed E-state index contributed by atoms with van der Waals surface area (Å²) in [6.45, 7) is 1.65. The van der Waals surface area contributed by atoms with Crippen LogP contribution in [0.4, 0.5) is 0 Å². The third-order valence-corrected chi connectivity index (χ3v) is 5.27. The van der Waals surface area contributed by atoms with Crippen molar-refractivity contribution < 1.29 is 19.5 Å². The molecular formula is C18H20N2O4. The molecule has 2 fully saturated rings. The van der Waals surface area contributed by atoms with Gasteiger partial charge in [-0.15, -0.1) is 0 Å². The van der Waals surface area contributed by atoms with Crippen molar-refractivity contribution in [1.82, 2.24) is 9.80 Å². The highest BCUT2D eigenvalue weighted by molar-refractivity contribution is 5.90. The predicted molar refractivity (Wildman–Crippen MR) is 85.4 cm³/mol. The fourth-order valence-electron chi connectivity index (χ4n) is 3.77. The van der Waals surface area contributed by atoms with Gasteiger partial charge in [0.15, 0.2) is 0 Å². The molecule has 1 N–H and O–H groups in total. The lowest BCUT2D eigenvalue weighted by Gasteiger charge is -2.31. The molecule has 1 aliphatic carbocycles. The van der Waals surface area contributed by atoms with Crippen LogP contribution in [0.25, 0.3) is 0 Å². The third kappa shape index (κ3) is 2.66. The molecule has 0 aromatic heterocycles. The molecule has 4 rings (SSSR count). The minimum absolute atomic E-state index is 0.0551. The van der Waals surface area contributed by atoms with Gasteiger partial charge in [0, 0.05) is 32.1 Å². The number of rotatable bonds is 3. The van der Waals surface area contributed by atoms with Gasteiger partial charge in [-0.2, -0.15) is 0 Å². The number of fused-ring (bicyclic) bond motifs is 1. The normalized spacial score (nSPS) is 23.3. The summed E-state index contributed by atoms with van der Waals surface area (Å²) in [5.74, 6) is -0.988. The van der Waals surface area contributed by atoms with Crippen molar-refractivity contribution in [3.8, 4) is 0 Å². The van der Waals surface area contributed by atoms with Crippen molar-refractivity contribution in [3.05, 3.63) is 34.9 Å². The highest BCUT2D eigenvalue weighted by Crippen LogP contribution is 2.33. The maximum absolute atomic E-state index is 12.8. The van der Waals surface area contributed by atoms with Crippen molar-refractivity contribution in [3.63, 3.8) is 0 Å². The van der Waals surface area contributed by atoms with Gasteiger partial charge >= 0.3 is 5.97 Å². The lowest BCUT2D eigenvalue weighted by atomic mass is 9.96. The largest absolute Gasteiger partial charge is 0.478 e. The average Bonchev–Trinajstić information content (AvgIpc) is 3.35. The number of carbonyl (C=O) groups excluding carboxylic acids is 2. The zero-order chi connectivity index (χ0) is 16.8. The van der Waals surface area contributed by atoms with Crippen molar-refractivity contribution in [1.29, 1.82) is 0 Å². The van der Waals surface area contributed by atoms with E-state index in [0.717, 1.165) is 24.0 Å². The van der Waals surface area contributed by atoms with Gasteiger partial charge in [0.1, 0.15) is 0 Å². The Morgan fingerprint density at radius 2 is 1.96 bits per heavy atom. The lowest BCUT2D eigenvalue weighted by Crippen LogP contribution is -2.40. The highest BCUT2D eigenvalue weighted by atomic mass is 16.4. The van der Waals surface area contributed by atoms with Crippen molar-refractivity contribution in [2.45, 2.75) is 38.3 Å². The average molecular weight is 328 g/mol. The number of benzene rings is 1. The molecule has 1 saturated carbocycles. The van der Waals surface area contributed by atoms with Gasteiger partial charge in [0.05, 0.1) is 11.5 Å². The number of amides is 2. The molecule has 126 valence electrons. The van der Waals surface area contributed by atoms with E-state index in [0.29, 0.717) is 38.5 Å². The van der Waals surface area contributed by atoms with Gasteiger partial charge < -0.3 is 14.9 Å². The molecule has 3 aliphatic rings. The van der Waals surface area contributed by atoms with E-state index in [9.17, 15) is 14.4 Å². The number of hydrogen-bond acceptors (Lipinski definition) is 3. The lowest BCUT2D eigenvalue weighted by molar-refractivity contribution is -0.136. The third-order valence-electron chi connectivity index (χ3n) is 5.27. The topological polar surface area (TPSA) is 77.9 Å². The minimum atomic E-state index is -0.930. The molecule has 1 aromatic carbocycles. The maximum Gasteiger partial charge on any atom is 0.335 e. The van der Waals surface area contributed by atoms with Crippen LogP contribution in [0.3, 0.4) is 0 Å². The standard InChI is InChI=1S/C18H20N2O4/c21-16-8-14(10-20(16)15-3-4-15)17(22)19-6-5-11-7-12(18(23)24)1-2-13(11)9-19/h1-2,7,14-15H,3-6,8-10H2,(H,23,24). The number of carbonyl (C=O) groups is 3. The molecule has 1 atom stereocenters. The van der Waals surface area contributed by atoms with Crippen LogP contribution in [-0.2, 0) is 22.6 Å². The monoisotopic (exact) mass is 328 g/mol. The van der Waals surface area contributed by atoms with E-state index in [1.807, 2.05) is 9.80 Å². The van der Waals surface area contributed by atoms with Crippen LogP contribution in [0, 0.1) is 5.92 Å². The predicted octanol–water partition coefficient (Wildman–Crippen LogP) is 1.28. The number of nitrogens with zero attached hydrogens (tertiary/aromatic N) is 2. The number of carboxylic acid groups (broad SMARTS) is 1. The van der Waals surface area contributed by atoms with Gasteiger partial charge in [0.2, 0.25) is 11.8 Å². The van der Waals surface area contributed by atoms with Crippen LogP contribution in [0.5, 0.6) is 0 Å². The molecule has 24 heavy (non-hydrogen) atoms. The molecule has 2 amide bonds. The first kappa shape index (κ1) is 15.2. The first-order valence-corrected chi connectivity index (χ1v) is 8.46. The summed E-state index contributed by atoms with van der Waals surface area (Å²) in [7, 11) is 0. The second-order valence-corrected chi connectivity index (χ2v) is 6.98. The molecular weight excluding hydrogens is 308 g/mol. The smallest absolute Gasteiger partial charge is 0.335 e. The van der Waals surface area contributed by atoms with Crippen LogP contribution in [-0.4, -0.2) is 51.8 Å². The number of likely N-dealkylation sites (tertiary alicyclic amines) is 1. The Bertz CT molecular complexity index is 726. The van der Waals surface area contributed by atoms with Gasteiger partial charge in [-0.25, -0.2) is 4.79 Å². The summed E-state index contributed by atoms with van der Waals surface area (Å²) >= 11 is 0. The Kier molecular flexibility index (Phi) is 3.55. The SMILES string of the molecule is O=C(O)c1ccc2c(c1)CCN(C(=O)C1CC(=O)N(C3CC3)C1)C2. The summed E-state index contributed by atoms with van der Waals surface area (Å²) in [5, 5.41) is 9.07. The van der Waals surface area contributed by atoms with E-state index in [4.69, 9.17) is 5.11 Å². The summed E-state index contributed by atoms with van der Waals surface area (Å²) < 4.78 is 0. The van der Waals surface area contributed by atoms with Crippen LogP contribution < -0.4 is 0 Å². The molecule has 1 aromatic rings. The van der Waals surface area contributed by atoms with Crippen molar-refractivity contribution >= 4 is 17.8 Å². The van der Waals surface area contributed by atoms with Crippen molar-refractivity contribution in [2.75, 3.05) is 13.1 Å². The van der Waals surface area contributed by atoms with Crippen LogP contribution >= 0.6 is 0 Å². The van der Waals surface area contributed by atoms with E-state index in [2.05, 4.69) is 0 Å². The van der Waals surface area contributed by atoms with Crippen LogP contribution in [0.15, 0.2) is 18.2 Å². The van der Waals surface area contributed by atoms with E-state index < -0.39 is 5.97 Å². The zero-order valence-corrected chi connectivity index (χ0v) is 13.4. The Balaban J connectivity index is 1.45. The molecule has 1 unspecified atom stereocenters. The van der Waals surface area contributed by atoms with E-state index in [-0.39, 0.29) is 23.3 Å². The quantitative estimate of drug-likeness (QED) is 0.907. The molecule has 0 spiro atoms. The van der Waals surface area contributed by atoms with E-state index >= 15 is 0 Å². The summed E-state index contributed by atoms with van der Waals surface area (Å²) in [6, 6.07) is 5.46. The number of hydrogen-bond donors (Lipinski definition) is 1. The molecule has 2 heterocycles. The summed E-state index contributed by atoms with van der Waals surface area (Å²) in [5.41, 5.74) is 2.29. The van der Waals surface area contributed by atoms with Crippen LogP contribution in [0.2, 0.25) is 0 Å².